The average molecular weight is 221 g/mol. The molecule has 2 aromatic heterocycles. The predicted molar refractivity (Wildman–Crippen MR) is 62.4 cm³/mol. The number of thiol groups is 1. The number of aromatic nitrogens is 3. The van der Waals surface area contributed by atoms with Gasteiger partial charge in [0.25, 0.3) is 5.56 Å². The van der Waals surface area contributed by atoms with Gasteiger partial charge in [-0.25, -0.2) is 4.52 Å². The summed E-state index contributed by atoms with van der Waals surface area (Å²) in [6.45, 7) is 0.571. The first-order valence-corrected chi connectivity index (χ1v) is 5.25. The number of allylic oxidation sites excluding steroid dienone is 1. The minimum absolute atomic E-state index is 0.0289. The molecule has 0 N–H and O–H groups in total. The standard InChI is InChI=1S/C10H11N3OS/c14-10-9-3-4-11-13(9)7-6-12(10)5-1-2-8-15/h1-4,6-7,15H,5,8H2/b2-1+. The Morgan fingerprint density at radius 3 is 3.07 bits per heavy atom. The van der Waals surface area contributed by atoms with Crippen LogP contribution in [-0.4, -0.2) is 19.9 Å². The minimum atomic E-state index is -0.0289. The van der Waals surface area contributed by atoms with Crippen molar-refractivity contribution in [1.82, 2.24) is 14.2 Å². The van der Waals surface area contributed by atoms with Crippen LogP contribution in [0.5, 0.6) is 0 Å². The van der Waals surface area contributed by atoms with E-state index in [1.54, 1.807) is 33.7 Å². The fourth-order valence-electron chi connectivity index (χ4n) is 1.37. The third-order valence-corrected chi connectivity index (χ3v) is 2.32. The van der Waals surface area contributed by atoms with E-state index in [0.717, 1.165) is 0 Å². The van der Waals surface area contributed by atoms with E-state index in [9.17, 15) is 4.79 Å². The Kier molecular flexibility index (Phi) is 2.91. The molecule has 0 spiro atoms. The van der Waals surface area contributed by atoms with Crippen molar-refractivity contribution >= 4 is 18.1 Å². The average Bonchev–Trinajstić information content (AvgIpc) is 2.70. The summed E-state index contributed by atoms with van der Waals surface area (Å²) < 4.78 is 3.21. The molecule has 15 heavy (non-hydrogen) atoms. The molecular weight excluding hydrogens is 210 g/mol. The van der Waals surface area contributed by atoms with Crippen molar-refractivity contribution in [3.63, 3.8) is 0 Å². The molecule has 78 valence electrons. The predicted octanol–water partition coefficient (Wildman–Crippen LogP) is 0.982. The zero-order valence-corrected chi connectivity index (χ0v) is 8.97. The van der Waals surface area contributed by atoms with E-state index in [1.165, 1.54) is 0 Å². The summed E-state index contributed by atoms with van der Waals surface area (Å²) in [4.78, 5) is 11.8. The molecule has 0 bridgehead atoms. The Balaban J connectivity index is 2.40. The second-order valence-electron chi connectivity index (χ2n) is 3.07. The molecule has 2 rings (SSSR count). The van der Waals surface area contributed by atoms with E-state index < -0.39 is 0 Å². The molecular formula is C10H11N3OS. The largest absolute Gasteiger partial charge is 0.308 e. The quantitative estimate of drug-likeness (QED) is 0.620. The SMILES string of the molecule is O=c1c2ccnn2ccn1C/C=C/CS. The highest BCUT2D eigenvalue weighted by Gasteiger charge is 2.00. The second kappa shape index (κ2) is 4.35. The van der Waals surface area contributed by atoms with Gasteiger partial charge in [-0.2, -0.15) is 17.7 Å². The van der Waals surface area contributed by atoms with E-state index in [1.807, 2.05) is 12.2 Å². The molecule has 0 aromatic carbocycles. The van der Waals surface area contributed by atoms with E-state index in [4.69, 9.17) is 0 Å². The number of hydrogen-bond donors (Lipinski definition) is 1. The maximum absolute atomic E-state index is 11.8. The Morgan fingerprint density at radius 1 is 1.40 bits per heavy atom. The van der Waals surface area contributed by atoms with E-state index in [0.29, 0.717) is 17.8 Å². The Labute approximate surface area is 92.3 Å². The summed E-state index contributed by atoms with van der Waals surface area (Å²) in [5.74, 6) is 0.684. The van der Waals surface area contributed by atoms with Crippen molar-refractivity contribution in [1.29, 1.82) is 0 Å². The second-order valence-corrected chi connectivity index (χ2v) is 3.44. The lowest BCUT2D eigenvalue weighted by molar-refractivity contribution is 0.758. The molecule has 0 amide bonds. The van der Waals surface area contributed by atoms with Gasteiger partial charge in [0.1, 0.15) is 5.52 Å². The maximum Gasteiger partial charge on any atom is 0.276 e. The molecule has 4 nitrogen and oxygen atoms in total. The zero-order chi connectivity index (χ0) is 10.7. The number of rotatable bonds is 3. The minimum Gasteiger partial charge on any atom is -0.308 e. The van der Waals surface area contributed by atoms with Gasteiger partial charge < -0.3 is 4.57 Å². The number of fused-ring (bicyclic) bond motifs is 1. The molecule has 0 unspecified atom stereocenters. The van der Waals surface area contributed by atoms with Crippen LogP contribution in [0, 0.1) is 0 Å². The van der Waals surface area contributed by atoms with Gasteiger partial charge in [0, 0.05) is 24.7 Å². The Bertz CT molecular complexity index is 541. The van der Waals surface area contributed by atoms with Crippen LogP contribution >= 0.6 is 12.6 Å². The Hall–Kier alpha value is -1.49. The third-order valence-electron chi connectivity index (χ3n) is 2.11. The molecule has 0 radical (unpaired) electrons. The lowest BCUT2D eigenvalue weighted by atomic mass is 10.4. The van der Waals surface area contributed by atoms with Crippen LogP contribution in [0.25, 0.3) is 5.52 Å². The molecule has 0 saturated heterocycles. The fraction of sp³-hybridized carbons (Fsp3) is 0.200. The fourth-order valence-corrected chi connectivity index (χ4v) is 1.52. The van der Waals surface area contributed by atoms with Crippen LogP contribution in [0.2, 0.25) is 0 Å². The summed E-state index contributed by atoms with van der Waals surface area (Å²) >= 11 is 4.05. The highest BCUT2D eigenvalue weighted by atomic mass is 32.1. The van der Waals surface area contributed by atoms with Gasteiger partial charge in [0.05, 0.1) is 6.20 Å². The first kappa shape index (κ1) is 10.0. The van der Waals surface area contributed by atoms with Gasteiger partial charge in [-0.3, -0.25) is 4.79 Å². The van der Waals surface area contributed by atoms with Gasteiger partial charge in [0.2, 0.25) is 0 Å². The third kappa shape index (κ3) is 1.97. The van der Waals surface area contributed by atoms with E-state index in [2.05, 4.69) is 17.7 Å². The summed E-state index contributed by atoms with van der Waals surface area (Å²) in [5, 5.41) is 3.99. The summed E-state index contributed by atoms with van der Waals surface area (Å²) in [6, 6.07) is 1.71. The lowest BCUT2D eigenvalue weighted by Crippen LogP contribution is -2.20. The van der Waals surface area contributed by atoms with Gasteiger partial charge in [-0.15, -0.1) is 0 Å². The van der Waals surface area contributed by atoms with E-state index >= 15 is 0 Å². The first-order valence-electron chi connectivity index (χ1n) is 4.61. The van der Waals surface area contributed by atoms with Crippen LogP contribution in [0.3, 0.4) is 0 Å². The van der Waals surface area contributed by atoms with Crippen LogP contribution in [0.4, 0.5) is 0 Å². The molecule has 5 heteroatoms. The summed E-state index contributed by atoms with van der Waals surface area (Å²) in [7, 11) is 0. The highest BCUT2D eigenvalue weighted by Crippen LogP contribution is 1.94. The van der Waals surface area contributed by atoms with Crippen LogP contribution in [-0.2, 0) is 6.54 Å². The topological polar surface area (TPSA) is 39.3 Å². The van der Waals surface area contributed by atoms with Crippen LogP contribution < -0.4 is 5.56 Å². The molecule has 0 aliphatic carbocycles. The molecule has 2 heterocycles. The molecule has 0 atom stereocenters. The van der Waals surface area contributed by atoms with Crippen molar-refractivity contribution in [2.45, 2.75) is 6.54 Å². The summed E-state index contributed by atoms with van der Waals surface area (Å²) in [6.07, 6.45) is 8.94. The Morgan fingerprint density at radius 2 is 2.27 bits per heavy atom. The van der Waals surface area contributed by atoms with E-state index in [-0.39, 0.29) is 5.56 Å². The normalized spacial score (nSPS) is 11.5. The first-order chi connectivity index (χ1) is 7.33. The molecule has 0 fully saturated rings. The van der Waals surface area contributed by atoms with Crippen LogP contribution in [0.1, 0.15) is 0 Å². The van der Waals surface area contributed by atoms with Crippen molar-refractivity contribution in [2.75, 3.05) is 5.75 Å². The smallest absolute Gasteiger partial charge is 0.276 e. The highest BCUT2D eigenvalue weighted by molar-refractivity contribution is 7.80. The van der Waals surface area contributed by atoms with Gasteiger partial charge in [-0.05, 0) is 6.07 Å². The van der Waals surface area contributed by atoms with Crippen molar-refractivity contribution in [3.8, 4) is 0 Å². The zero-order valence-electron chi connectivity index (χ0n) is 8.08. The van der Waals surface area contributed by atoms with Gasteiger partial charge in [-0.1, -0.05) is 12.2 Å². The van der Waals surface area contributed by atoms with Crippen molar-refractivity contribution in [2.24, 2.45) is 0 Å². The number of hydrogen-bond acceptors (Lipinski definition) is 3. The number of nitrogens with zero attached hydrogens (tertiary/aromatic N) is 3. The maximum atomic E-state index is 11.8. The van der Waals surface area contributed by atoms with Crippen LogP contribution in [0.15, 0.2) is 41.6 Å². The molecule has 0 aliphatic heterocycles. The van der Waals surface area contributed by atoms with Crippen molar-refractivity contribution in [3.05, 3.63) is 47.2 Å². The van der Waals surface area contributed by atoms with Gasteiger partial charge in [0.15, 0.2) is 0 Å². The van der Waals surface area contributed by atoms with Gasteiger partial charge >= 0.3 is 0 Å². The monoisotopic (exact) mass is 221 g/mol. The van der Waals surface area contributed by atoms with Crippen molar-refractivity contribution < 1.29 is 0 Å². The molecule has 0 aliphatic rings. The summed E-state index contributed by atoms with van der Waals surface area (Å²) in [5.41, 5.74) is 0.565. The molecule has 0 saturated carbocycles. The molecule has 2 aromatic rings. The lowest BCUT2D eigenvalue weighted by Gasteiger charge is -2.01.